The van der Waals surface area contributed by atoms with E-state index in [1.807, 2.05) is 11.0 Å². The highest BCUT2D eigenvalue weighted by Crippen LogP contribution is 2.30. The molecule has 1 aromatic carbocycles. The molecule has 2 fully saturated rings. The topological polar surface area (TPSA) is 77.2 Å². The summed E-state index contributed by atoms with van der Waals surface area (Å²) in [5.41, 5.74) is 1.27. The number of benzene rings is 1. The van der Waals surface area contributed by atoms with Gasteiger partial charge in [-0.05, 0) is 55.5 Å². The first-order valence-electron chi connectivity index (χ1n) is 11.2. The number of aliphatic carboxylic acids is 1. The van der Waals surface area contributed by atoms with Gasteiger partial charge in [-0.2, -0.15) is 0 Å². The van der Waals surface area contributed by atoms with Crippen molar-refractivity contribution >= 4 is 17.6 Å². The van der Waals surface area contributed by atoms with Crippen molar-refractivity contribution in [2.24, 2.45) is 11.8 Å². The minimum absolute atomic E-state index is 0.0970. The molecule has 2 aliphatic rings. The Morgan fingerprint density at radius 3 is 2.42 bits per heavy atom. The quantitative estimate of drug-likeness (QED) is 0.735. The number of hydrogen-bond acceptors (Lipinski definition) is 5. The number of piperidine rings is 1. The fraction of sp³-hybridized carbons (Fsp3) is 0.500. The third-order valence-electron chi connectivity index (χ3n) is 6.66. The SMILES string of the molecule is O=C(O)CC1CCN(C(=O)c2ccco2)CC1CCN1CCN(c2ccccc2)CC1. The smallest absolute Gasteiger partial charge is 0.303 e. The van der Waals surface area contributed by atoms with Crippen LogP contribution < -0.4 is 4.90 Å². The lowest BCUT2D eigenvalue weighted by Crippen LogP contribution is -2.48. The third kappa shape index (κ3) is 5.47. The Hall–Kier alpha value is -2.80. The standard InChI is InChI=1S/C24H31N3O4/c28-23(29)17-19-9-11-27(24(30)22-7-4-16-31-22)18-20(19)8-10-25-12-14-26(15-13-25)21-5-2-1-3-6-21/h1-7,16,19-20H,8-15,17-18H2,(H,28,29). The number of carbonyl (C=O) groups excluding carboxylic acids is 1. The van der Waals surface area contributed by atoms with E-state index in [2.05, 4.69) is 34.1 Å². The number of amides is 1. The van der Waals surface area contributed by atoms with Gasteiger partial charge < -0.3 is 19.3 Å². The van der Waals surface area contributed by atoms with Crippen molar-refractivity contribution in [3.8, 4) is 0 Å². The van der Waals surface area contributed by atoms with E-state index in [1.165, 1.54) is 12.0 Å². The number of carboxylic acid groups (broad SMARTS) is 1. The van der Waals surface area contributed by atoms with Gasteiger partial charge >= 0.3 is 5.97 Å². The summed E-state index contributed by atoms with van der Waals surface area (Å²) in [4.78, 5) is 30.8. The molecule has 2 aromatic rings. The summed E-state index contributed by atoms with van der Waals surface area (Å²) in [6.07, 6.45) is 3.32. The molecule has 1 amide bonds. The van der Waals surface area contributed by atoms with Crippen LogP contribution in [0.4, 0.5) is 5.69 Å². The van der Waals surface area contributed by atoms with E-state index in [4.69, 9.17) is 4.42 Å². The highest BCUT2D eigenvalue weighted by atomic mass is 16.4. The van der Waals surface area contributed by atoms with Gasteiger partial charge in [-0.1, -0.05) is 18.2 Å². The van der Waals surface area contributed by atoms with Gasteiger partial charge in [-0.25, -0.2) is 0 Å². The summed E-state index contributed by atoms with van der Waals surface area (Å²) in [5.74, 6) is -0.190. The van der Waals surface area contributed by atoms with E-state index in [-0.39, 0.29) is 24.2 Å². The van der Waals surface area contributed by atoms with E-state index in [9.17, 15) is 14.7 Å². The fourth-order valence-electron chi connectivity index (χ4n) is 4.86. The molecule has 0 saturated carbocycles. The predicted molar refractivity (Wildman–Crippen MR) is 118 cm³/mol. The van der Waals surface area contributed by atoms with Gasteiger partial charge in [-0.3, -0.25) is 14.5 Å². The van der Waals surface area contributed by atoms with E-state index < -0.39 is 5.97 Å². The van der Waals surface area contributed by atoms with Crippen LogP contribution in [0.15, 0.2) is 53.1 Å². The lowest BCUT2D eigenvalue weighted by atomic mass is 9.81. The molecule has 2 saturated heterocycles. The van der Waals surface area contributed by atoms with Crippen LogP contribution in [0.2, 0.25) is 0 Å². The minimum Gasteiger partial charge on any atom is -0.481 e. The number of furan rings is 1. The average Bonchev–Trinajstić information content (AvgIpc) is 3.33. The molecule has 166 valence electrons. The predicted octanol–water partition coefficient (Wildman–Crippen LogP) is 3.04. The molecular formula is C24H31N3O4. The Morgan fingerprint density at radius 2 is 1.74 bits per heavy atom. The minimum atomic E-state index is -0.753. The monoisotopic (exact) mass is 425 g/mol. The molecular weight excluding hydrogens is 394 g/mol. The maximum atomic E-state index is 12.7. The number of carboxylic acids is 1. The van der Waals surface area contributed by atoms with Crippen LogP contribution in [0, 0.1) is 11.8 Å². The van der Waals surface area contributed by atoms with Gasteiger partial charge in [-0.15, -0.1) is 0 Å². The zero-order chi connectivity index (χ0) is 21.6. The summed E-state index contributed by atoms with van der Waals surface area (Å²) in [6.45, 7) is 6.12. The van der Waals surface area contributed by atoms with Crippen molar-refractivity contribution in [3.63, 3.8) is 0 Å². The first-order valence-corrected chi connectivity index (χ1v) is 11.2. The fourth-order valence-corrected chi connectivity index (χ4v) is 4.86. The van der Waals surface area contributed by atoms with Gasteiger partial charge in [0, 0.05) is 51.4 Å². The van der Waals surface area contributed by atoms with Crippen LogP contribution in [0.1, 0.15) is 29.8 Å². The van der Waals surface area contributed by atoms with Crippen molar-refractivity contribution in [1.82, 2.24) is 9.80 Å². The highest BCUT2D eigenvalue weighted by Gasteiger charge is 2.34. The molecule has 4 rings (SSSR count). The van der Waals surface area contributed by atoms with Gasteiger partial charge in [0.1, 0.15) is 0 Å². The Labute approximate surface area is 183 Å². The number of carbonyl (C=O) groups is 2. The number of likely N-dealkylation sites (tertiary alicyclic amines) is 1. The molecule has 31 heavy (non-hydrogen) atoms. The van der Waals surface area contributed by atoms with Crippen LogP contribution in [-0.2, 0) is 4.79 Å². The third-order valence-corrected chi connectivity index (χ3v) is 6.66. The second-order valence-electron chi connectivity index (χ2n) is 8.59. The van der Waals surface area contributed by atoms with Crippen LogP contribution in [-0.4, -0.2) is 72.6 Å². The number of anilines is 1. The molecule has 7 nitrogen and oxygen atoms in total. The zero-order valence-electron chi connectivity index (χ0n) is 17.9. The highest BCUT2D eigenvalue weighted by molar-refractivity contribution is 5.91. The molecule has 0 spiro atoms. The van der Waals surface area contributed by atoms with Crippen LogP contribution in [0.25, 0.3) is 0 Å². The summed E-state index contributed by atoms with van der Waals surface area (Å²) in [5, 5.41) is 9.35. The van der Waals surface area contributed by atoms with Crippen molar-refractivity contribution in [2.75, 3.05) is 50.7 Å². The molecule has 3 heterocycles. The van der Waals surface area contributed by atoms with Crippen molar-refractivity contribution in [3.05, 3.63) is 54.5 Å². The number of hydrogen-bond donors (Lipinski definition) is 1. The van der Waals surface area contributed by atoms with Gasteiger partial charge in [0.05, 0.1) is 6.26 Å². The Morgan fingerprint density at radius 1 is 0.968 bits per heavy atom. The summed E-state index contributed by atoms with van der Waals surface area (Å²) in [6, 6.07) is 13.9. The van der Waals surface area contributed by atoms with E-state index >= 15 is 0 Å². The number of piperazine rings is 1. The van der Waals surface area contributed by atoms with Crippen molar-refractivity contribution in [2.45, 2.75) is 19.3 Å². The molecule has 7 heteroatoms. The lowest BCUT2D eigenvalue weighted by molar-refractivity contribution is -0.139. The molecule has 1 aromatic heterocycles. The van der Waals surface area contributed by atoms with Gasteiger partial charge in [0.15, 0.2) is 5.76 Å². The van der Waals surface area contributed by atoms with Gasteiger partial charge in [0.25, 0.3) is 5.91 Å². The second kappa shape index (κ2) is 10.0. The van der Waals surface area contributed by atoms with Crippen LogP contribution >= 0.6 is 0 Å². The molecule has 2 aliphatic heterocycles. The molecule has 2 atom stereocenters. The number of nitrogens with zero attached hydrogens (tertiary/aromatic N) is 3. The average molecular weight is 426 g/mol. The lowest BCUT2D eigenvalue weighted by Gasteiger charge is -2.40. The summed E-state index contributed by atoms with van der Waals surface area (Å²) >= 11 is 0. The second-order valence-corrected chi connectivity index (χ2v) is 8.59. The zero-order valence-corrected chi connectivity index (χ0v) is 17.9. The molecule has 2 unspecified atom stereocenters. The summed E-state index contributed by atoms with van der Waals surface area (Å²) < 4.78 is 5.28. The maximum absolute atomic E-state index is 12.7. The molecule has 0 radical (unpaired) electrons. The summed E-state index contributed by atoms with van der Waals surface area (Å²) in [7, 11) is 0. The van der Waals surface area contributed by atoms with Crippen molar-refractivity contribution in [1.29, 1.82) is 0 Å². The number of para-hydroxylation sites is 1. The first-order chi connectivity index (χ1) is 15.1. The van der Waals surface area contributed by atoms with Crippen molar-refractivity contribution < 1.29 is 19.1 Å². The van der Waals surface area contributed by atoms with E-state index in [0.29, 0.717) is 18.8 Å². The number of rotatable bonds is 7. The first kappa shape index (κ1) is 21.4. The van der Waals surface area contributed by atoms with Crippen LogP contribution in [0.3, 0.4) is 0 Å². The Kier molecular flexibility index (Phi) is 6.92. The molecule has 1 N–H and O–H groups in total. The van der Waals surface area contributed by atoms with E-state index in [1.54, 1.807) is 12.1 Å². The molecule has 0 aliphatic carbocycles. The normalized spacial score (nSPS) is 22.5. The Bertz CT molecular complexity index is 847. The van der Waals surface area contributed by atoms with E-state index in [0.717, 1.165) is 45.6 Å². The van der Waals surface area contributed by atoms with Gasteiger partial charge in [0.2, 0.25) is 0 Å². The Balaban J connectivity index is 1.32. The van der Waals surface area contributed by atoms with Crippen LogP contribution in [0.5, 0.6) is 0 Å². The molecule has 0 bridgehead atoms. The maximum Gasteiger partial charge on any atom is 0.303 e. The largest absolute Gasteiger partial charge is 0.481 e.